The molecule has 4 nitrogen and oxygen atoms in total. The SMILES string of the molecule is [N-]=[N+]=NCC1CC(I)CC(CN)C1. The van der Waals surface area contributed by atoms with Crippen LogP contribution in [0.5, 0.6) is 0 Å². The number of alkyl halides is 1. The van der Waals surface area contributed by atoms with Crippen LogP contribution in [-0.2, 0) is 0 Å². The van der Waals surface area contributed by atoms with Crippen molar-refractivity contribution in [3.63, 3.8) is 0 Å². The molecule has 3 unspecified atom stereocenters. The lowest BCUT2D eigenvalue weighted by Gasteiger charge is -2.30. The molecular formula is C8H15IN4. The predicted octanol–water partition coefficient (Wildman–Crippen LogP) is 2.48. The Morgan fingerprint density at radius 1 is 1.38 bits per heavy atom. The molecule has 13 heavy (non-hydrogen) atoms. The smallest absolute Gasteiger partial charge is 0.0286 e. The van der Waals surface area contributed by atoms with Gasteiger partial charge in [0, 0.05) is 15.4 Å². The first-order chi connectivity index (χ1) is 6.26. The van der Waals surface area contributed by atoms with Gasteiger partial charge >= 0.3 is 0 Å². The van der Waals surface area contributed by atoms with Crippen LogP contribution in [0, 0.1) is 11.8 Å². The Hall–Kier alpha value is 0.0000000000000000347. The number of hydrogen-bond donors (Lipinski definition) is 1. The molecule has 1 aliphatic carbocycles. The van der Waals surface area contributed by atoms with E-state index in [1.807, 2.05) is 0 Å². The Labute approximate surface area is 92.0 Å². The molecule has 0 aromatic rings. The zero-order valence-corrected chi connectivity index (χ0v) is 9.72. The molecule has 0 aromatic heterocycles. The summed E-state index contributed by atoms with van der Waals surface area (Å²) in [7, 11) is 0. The predicted molar refractivity (Wildman–Crippen MR) is 61.7 cm³/mol. The number of nitrogens with zero attached hydrogens (tertiary/aromatic N) is 3. The molecule has 1 aliphatic rings. The molecule has 5 heteroatoms. The highest BCUT2D eigenvalue weighted by Gasteiger charge is 2.25. The maximum Gasteiger partial charge on any atom is 0.0286 e. The van der Waals surface area contributed by atoms with Gasteiger partial charge in [0.05, 0.1) is 0 Å². The van der Waals surface area contributed by atoms with E-state index >= 15 is 0 Å². The second-order valence-corrected chi connectivity index (χ2v) is 5.45. The van der Waals surface area contributed by atoms with Gasteiger partial charge in [0.1, 0.15) is 0 Å². The van der Waals surface area contributed by atoms with Gasteiger partial charge < -0.3 is 5.73 Å². The van der Waals surface area contributed by atoms with Gasteiger partial charge in [-0.1, -0.05) is 27.7 Å². The first kappa shape index (κ1) is 11.1. The number of rotatable bonds is 3. The van der Waals surface area contributed by atoms with Crippen molar-refractivity contribution >= 4 is 22.6 Å². The van der Waals surface area contributed by atoms with Gasteiger partial charge in [0.2, 0.25) is 0 Å². The lowest BCUT2D eigenvalue weighted by Crippen LogP contribution is -2.29. The average Bonchev–Trinajstić information content (AvgIpc) is 2.14. The van der Waals surface area contributed by atoms with Crippen LogP contribution >= 0.6 is 22.6 Å². The third-order valence-electron chi connectivity index (χ3n) is 2.58. The number of hydrogen-bond acceptors (Lipinski definition) is 2. The van der Waals surface area contributed by atoms with E-state index < -0.39 is 0 Å². The molecule has 0 radical (unpaired) electrons. The minimum Gasteiger partial charge on any atom is -0.330 e. The van der Waals surface area contributed by atoms with Crippen molar-refractivity contribution in [2.75, 3.05) is 13.1 Å². The Morgan fingerprint density at radius 3 is 2.69 bits per heavy atom. The van der Waals surface area contributed by atoms with Gasteiger partial charge in [-0.15, -0.1) is 0 Å². The minimum absolute atomic E-state index is 0.556. The van der Waals surface area contributed by atoms with Gasteiger partial charge in [0.15, 0.2) is 0 Å². The summed E-state index contributed by atoms with van der Waals surface area (Å²) in [6.45, 7) is 1.42. The largest absolute Gasteiger partial charge is 0.330 e. The van der Waals surface area contributed by atoms with Crippen LogP contribution in [0.4, 0.5) is 0 Å². The number of nitrogens with two attached hydrogens (primary N) is 1. The van der Waals surface area contributed by atoms with Crippen LogP contribution in [-0.4, -0.2) is 17.0 Å². The molecule has 2 N–H and O–H groups in total. The highest BCUT2D eigenvalue weighted by atomic mass is 127. The third-order valence-corrected chi connectivity index (χ3v) is 3.60. The fraction of sp³-hybridized carbons (Fsp3) is 1.00. The monoisotopic (exact) mass is 294 g/mol. The van der Waals surface area contributed by atoms with Crippen molar-refractivity contribution in [2.24, 2.45) is 22.7 Å². The summed E-state index contributed by atoms with van der Waals surface area (Å²) in [6, 6.07) is 0. The van der Waals surface area contributed by atoms with Crippen molar-refractivity contribution in [1.82, 2.24) is 0 Å². The molecule has 1 rings (SSSR count). The third kappa shape index (κ3) is 3.70. The molecule has 0 bridgehead atoms. The minimum atomic E-state index is 0.556. The van der Waals surface area contributed by atoms with Crippen LogP contribution in [0.1, 0.15) is 19.3 Å². The maximum atomic E-state index is 8.22. The number of azide groups is 1. The standard InChI is InChI=1S/C8H15IN4/c9-8-2-6(4-10)1-7(3-8)5-12-13-11/h6-8H,1-5,10H2. The van der Waals surface area contributed by atoms with E-state index in [2.05, 4.69) is 32.6 Å². The first-order valence-corrected chi connectivity index (χ1v) is 5.85. The summed E-state index contributed by atoms with van der Waals surface area (Å²) in [5.41, 5.74) is 13.9. The van der Waals surface area contributed by atoms with Crippen LogP contribution in [0.25, 0.3) is 10.4 Å². The Bertz CT molecular complexity index is 202. The summed E-state index contributed by atoms with van der Waals surface area (Å²) in [5.74, 6) is 1.19. The molecule has 1 saturated carbocycles. The van der Waals surface area contributed by atoms with Crippen LogP contribution in [0.3, 0.4) is 0 Å². The van der Waals surface area contributed by atoms with Gasteiger partial charge in [-0.25, -0.2) is 0 Å². The lowest BCUT2D eigenvalue weighted by atomic mass is 9.81. The van der Waals surface area contributed by atoms with Crippen LogP contribution < -0.4 is 5.73 Å². The van der Waals surface area contributed by atoms with E-state index in [0.29, 0.717) is 22.3 Å². The molecule has 0 heterocycles. The molecule has 74 valence electrons. The summed E-state index contributed by atoms with van der Waals surface area (Å²) in [5, 5.41) is 3.64. The first-order valence-electron chi connectivity index (χ1n) is 4.61. The number of halogens is 1. The average molecular weight is 294 g/mol. The fourth-order valence-electron chi connectivity index (χ4n) is 1.98. The van der Waals surface area contributed by atoms with Gasteiger partial charge in [-0.2, -0.15) is 0 Å². The Kier molecular flexibility index (Phi) is 4.83. The van der Waals surface area contributed by atoms with E-state index in [1.54, 1.807) is 0 Å². The van der Waals surface area contributed by atoms with Crippen LogP contribution in [0.2, 0.25) is 0 Å². The van der Waals surface area contributed by atoms with Crippen molar-refractivity contribution in [1.29, 1.82) is 0 Å². The van der Waals surface area contributed by atoms with E-state index in [4.69, 9.17) is 11.3 Å². The maximum absolute atomic E-state index is 8.22. The summed E-state index contributed by atoms with van der Waals surface area (Å²) in [6.07, 6.45) is 3.54. The quantitative estimate of drug-likeness (QED) is 0.280. The second kappa shape index (κ2) is 5.67. The van der Waals surface area contributed by atoms with Crippen molar-refractivity contribution in [2.45, 2.75) is 23.2 Å². The fourth-order valence-corrected chi connectivity index (χ4v) is 3.42. The Morgan fingerprint density at radius 2 is 2.08 bits per heavy atom. The topological polar surface area (TPSA) is 74.8 Å². The normalized spacial score (nSPS) is 33.8. The highest BCUT2D eigenvalue weighted by molar-refractivity contribution is 14.1. The zero-order valence-electron chi connectivity index (χ0n) is 7.56. The molecule has 3 atom stereocenters. The van der Waals surface area contributed by atoms with Gasteiger partial charge in [-0.05, 0) is 43.2 Å². The van der Waals surface area contributed by atoms with E-state index in [9.17, 15) is 0 Å². The molecular weight excluding hydrogens is 279 g/mol. The summed E-state index contributed by atoms with van der Waals surface area (Å²) in [4.78, 5) is 2.80. The van der Waals surface area contributed by atoms with Gasteiger partial charge in [0.25, 0.3) is 0 Å². The molecule has 0 amide bonds. The second-order valence-electron chi connectivity index (χ2n) is 3.69. The lowest BCUT2D eigenvalue weighted by molar-refractivity contribution is 0.290. The summed E-state index contributed by atoms with van der Waals surface area (Å²) >= 11 is 2.47. The Balaban J connectivity index is 2.41. The van der Waals surface area contributed by atoms with E-state index in [1.165, 1.54) is 12.8 Å². The molecule has 1 fully saturated rings. The van der Waals surface area contributed by atoms with Crippen molar-refractivity contribution in [3.8, 4) is 0 Å². The van der Waals surface area contributed by atoms with E-state index in [0.717, 1.165) is 13.0 Å². The zero-order chi connectivity index (χ0) is 9.68. The highest BCUT2D eigenvalue weighted by Crippen LogP contribution is 2.33. The van der Waals surface area contributed by atoms with Crippen molar-refractivity contribution < 1.29 is 0 Å². The summed E-state index contributed by atoms with van der Waals surface area (Å²) < 4.78 is 0.707. The molecule has 0 spiro atoms. The molecule has 0 aliphatic heterocycles. The molecule has 0 saturated heterocycles. The van der Waals surface area contributed by atoms with E-state index in [-0.39, 0.29) is 0 Å². The molecule has 0 aromatic carbocycles. The van der Waals surface area contributed by atoms with Crippen LogP contribution in [0.15, 0.2) is 5.11 Å². The van der Waals surface area contributed by atoms with Crippen molar-refractivity contribution in [3.05, 3.63) is 10.4 Å². The van der Waals surface area contributed by atoms with Gasteiger partial charge in [-0.3, -0.25) is 0 Å².